The topological polar surface area (TPSA) is 20.2 Å². The van der Waals surface area contributed by atoms with Gasteiger partial charge < -0.3 is 5.11 Å². The molecule has 1 atom stereocenters. The van der Waals surface area contributed by atoms with E-state index in [9.17, 15) is 5.11 Å². The van der Waals surface area contributed by atoms with Gasteiger partial charge in [0.1, 0.15) is 0 Å². The third kappa shape index (κ3) is 2.37. The molecule has 1 saturated carbocycles. The van der Waals surface area contributed by atoms with Crippen molar-refractivity contribution in [3.63, 3.8) is 0 Å². The molecule has 1 fully saturated rings. The molecule has 2 heteroatoms. The van der Waals surface area contributed by atoms with Crippen molar-refractivity contribution >= 4 is 11.8 Å². The summed E-state index contributed by atoms with van der Waals surface area (Å²) < 4.78 is 0. The van der Waals surface area contributed by atoms with Crippen LogP contribution in [0.5, 0.6) is 0 Å². The van der Waals surface area contributed by atoms with Crippen LogP contribution in [0.25, 0.3) is 0 Å². The van der Waals surface area contributed by atoms with E-state index in [2.05, 4.69) is 18.2 Å². The van der Waals surface area contributed by atoms with Crippen LogP contribution in [0.4, 0.5) is 0 Å². The lowest BCUT2D eigenvalue weighted by molar-refractivity contribution is 0.201. The van der Waals surface area contributed by atoms with Gasteiger partial charge in [-0.3, -0.25) is 0 Å². The number of aliphatic hydroxyl groups excluding tert-OH is 1. The second kappa shape index (κ2) is 5.04. The molecule has 1 aromatic carbocycles. The fourth-order valence-corrected chi connectivity index (χ4v) is 2.65. The number of thioether (sulfide) groups is 1. The molecule has 0 heterocycles. The minimum atomic E-state index is -0.295. The van der Waals surface area contributed by atoms with E-state index >= 15 is 0 Å². The molecule has 1 aliphatic rings. The summed E-state index contributed by atoms with van der Waals surface area (Å²) in [6, 6.07) is 8.38. The minimum Gasteiger partial charge on any atom is -0.388 e. The molecule has 0 saturated heterocycles. The molecular formula is C13H18OS. The lowest BCUT2D eigenvalue weighted by Crippen LogP contribution is -2.13. The molecule has 82 valence electrons. The summed E-state index contributed by atoms with van der Waals surface area (Å²) in [6.45, 7) is 0. The van der Waals surface area contributed by atoms with Crippen molar-refractivity contribution in [1.29, 1.82) is 0 Å². The number of hydrogen-bond acceptors (Lipinski definition) is 2. The highest BCUT2D eigenvalue weighted by Crippen LogP contribution is 2.39. The highest BCUT2D eigenvalue weighted by atomic mass is 32.2. The molecule has 0 aliphatic heterocycles. The van der Waals surface area contributed by atoms with Crippen molar-refractivity contribution in [3.05, 3.63) is 35.4 Å². The maximum absolute atomic E-state index is 10.0. The first-order chi connectivity index (χ1) is 7.33. The first-order valence-corrected chi connectivity index (χ1v) is 6.98. The Morgan fingerprint density at radius 3 is 2.73 bits per heavy atom. The van der Waals surface area contributed by atoms with Crippen LogP contribution in [0.15, 0.2) is 24.3 Å². The standard InChI is InChI=1S/C13H18OS/c1-15-9-13(14)12-8-3-2-7-11(12)10-5-4-6-10/h2-3,7-8,10,13-14H,4-6,9H2,1H3. The normalized spacial score (nSPS) is 18.5. The van der Waals surface area contributed by atoms with Crippen LogP contribution < -0.4 is 0 Å². The third-order valence-electron chi connectivity index (χ3n) is 3.22. The number of aliphatic hydroxyl groups is 1. The van der Waals surface area contributed by atoms with Crippen molar-refractivity contribution in [2.24, 2.45) is 0 Å². The highest BCUT2D eigenvalue weighted by Gasteiger charge is 2.23. The summed E-state index contributed by atoms with van der Waals surface area (Å²) in [5, 5.41) is 10.0. The van der Waals surface area contributed by atoms with Crippen LogP contribution in [0, 0.1) is 0 Å². The smallest absolute Gasteiger partial charge is 0.0883 e. The van der Waals surface area contributed by atoms with Crippen LogP contribution >= 0.6 is 11.8 Å². The van der Waals surface area contributed by atoms with Crippen LogP contribution in [0.3, 0.4) is 0 Å². The molecule has 1 aromatic rings. The van der Waals surface area contributed by atoms with Gasteiger partial charge >= 0.3 is 0 Å². The first-order valence-electron chi connectivity index (χ1n) is 5.58. The maximum atomic E-state index is 10.0. The SMILES string of the molecule is CSCC(O)c1ccccc1C1CCC1. The van der Waals surface area contributed by atoms with Crippen LogP contribution in [-0.2, 0) is 0 Å². The van der Waals surface area contributed by atoms with Crippen LogP contribution in [0.2, 0.25) is 0 Å². The molecular weight excluding hydrogens is 204 g/mol. The van der Waals surface area contributed by atoms with Gasteiger partial charge in [0, 0.05) is 5.75 Å². The Hall–Kier alpha value is -0.470. The highest BCUT2D eigenvalue weighted by molar-refractivity contribution is 7.98. The molecule has 0 bridgehead atoms. The van der Waals surface area contributed by atoms with Gasteiger partial charge in [-0.05, 0) is 36.1 Å². The predicted molar refractivity (Wildman–Crippen MR) is 66.4 cm³/mol. The van der Waals surface area contributed by atoms with Crippen molar-refractivity contribution in [2.75, 3.05) is 12.0 Å². The summed E-state index contributed by atoms with van der Waals surface area (Å²) in [4.78, 5) is 0. The number of hydrogen-bond donors (Lipinski definition) is 1. The molecule has 0 aromatic heterocycles. The van der Waals surface area contributed by atoms with Crippen molar-refractivity contribution in [2.45, 2.75) is 31.3 Å². The molecule has 0 amide bonds. The first kappa shape index (κ1) is 11.0. The van der Waals surface area contributed by atoms with E-state index in [-0.39, 0.29) is 6.10 Å². The van der Waals surface area contributed by atoms with Gasteiger partial charge in [-0.2, -0.15) is 11.8 Å². The van der Waals surface area contributed by atoms with E-state index in [1.807, 2.05) is 12.3 Å². The molecule has 0 radical (unpaired) electrons. The fourth-order valence-electron chi connectivity index (χ4n) is 2.15. The zero-order valence-corrected chi connectivity index (χ0v) is 9.96. The molecule has 2 rings (SSSR count). The van der Waals surface area contributed by atoms with E-state index in [0.29, 0.717) is 5.92 Å². The molecule has 1 unspecified atom stereocenters. The Morgan fingerprint density at radius 2 is 2.13 bits per heavy atom. The summed E-state index contributed by atoms with van der Waals surface area (Å²) in [5.41, 5.74) is 2.53. The third-order valence-corrected chi connectivity index (χ3v) is 3.87. The lowest BCUT2D eigenvalue weighted by atomic mass is 9.77. The zero-order chi connectivity index (χ0) is 10.7. The fraction of sp³-hybridized carbons (Fsp3) is 0.538. The van der Waals surface area contributed by atoms with E-state index in [4.69, 9.17) is 0 Å². The van der Waals surface area contributed by atoms with Gasteiger partial charge in [-0.15, -0.1) is 0 Å². The Bertz CT molecular complexity index is 320. The molecule has 1 N–H and O–H groups in total. The van der Waals surface area contributed by atoms with Crippen LogP contribution in [0.1, 0.15) is 42.4 Å². The van der Waals surface area contributed by atoms with Crippen molar-refractivity contribution < 1.29 is 5.11 Å². The van der Waals surface area contributed by atoms with Gasteiger partial charge in [0.05, 0.1) is 6.10 Å². The Balaban J connectivity index is 2.20. The lowest BCUT2D eigenvalue weighted by Gasteiger charge is -2.29. The second-order valence-corrected chi connectivity index (χ2v) is 5.14. The van der Waals surface area contributed by atoms with E-state index in [0.717, 1.165) is 11.3 Å². The molecule has 1 aliphatic carbocycles. The monoisotopic (exact) mass is 222 g/mol. The van der Waals surface area contributed by atoms with Crippen molar-refractivity contribution in [1.82, 2.24) is 0 Å². The quantitative estimate of drug-likeness (QED) is 0.843. The predicted octanol–water partition coefficient (Wildman–Crippen LogP) is 3.35. The van der Waals surface area contributed by atoms with E-state index in [1.165, 1.54) is 24.8 Å². The van der Waals surface area contributed by atoms with Gasteiger partial charge in [0.25, 0.3) is 0 Å². The van der Waals surface area contributed by atoms with Crippen LogP contribution in [-0.4, -0.2) is 17.1 Å². The number of rotatable bonds is 4. The Kier molecular flexibility index (Phi) is 3.71. The van der Waals surface area contributed by atoms with Gasteiger partial charge in [0.2, 0.25) is 0 Å². The Labute approximate surface area is 95.9 Å². The Morgan fingerprint density at radius 1 is 1.40 bits per heavy atom. The van der Waals surface area contributed by atoms with E-state index in [1.54, 1.807) is 11.8 Å². The van der Waals surface area contributed by atoms with E-state index < -0.39 is 0 Å². The summed E-state index contributed by atoms with van der Waals surface area (Å²) in [7, 11) is 0. The van der Waals surface area contributed by atoms with Gasteiger partial charge in [-0.1, -0.05) is 30.7 Å². The largest absolute Gasteiger partial charge is 0.388 e. The average molecular weight is 222 g/mol. The van der Waals surface area contributed by atoms with Gasteiger partial charge in [-0.25, -0.2) is 0 Å². The molecule has 0 spiro atoms. The summed E-state index contributed by atoms with van der Waals surface area (Å²) in [5.74, 6) is 1.50. The zero-order valence-electron chi connectivity index (χ0n) is 9.15. The maximum Gasteiger partial charge on any atom is 0.0883 e. The molecule has 1 nitrogen and oxygen atoms in total. The number of benzene rings is 1. The van der Waals surface area contributed by atoms with Crippen molar-refractivity contribution in [3.8, 4) is 0 Å². The second-order valence-electron chi connectivity index (χ2n) is 4.23. The minimum absolute atomic E-state index is 0.295. The molecule has 15 heavy (non-hydrogen) atoms. The summed E-state index contributed by atoms with van der Waals surface area (Å²) >= 11 is 1.70. The summed E-state index contributed by atoms with van der Waals surface area (Å²) in [6.07, 6.45) is 5.68. The van der Waals surface area contributed by atoms with Gasteiger partial charge in [0.15, 0.2) is 0 Å². The average Bonchev–Trinajstić information content (AvgIpc) is 2.16.